The Kier molecular flexibility index (Phi) is 7.43. The molecule has 1 spiro atoms. The lowest BCUT2D eigenvalue weighted by Crippen LogP contribution is -2.53. The molecule has 3 aromatic rings. The van der Waals surface area contributed by atoms with Crippen molar-refractivity contribution in [2.24, 2.45) is 11.8 Å². The van der Waals surface area contributed by atoms with Crippen LogP contribution in [0.5, 0.6) is 5.75 Å². The van der Waals surface area contributed by atoms with Gasteiger partial charge in [0.2, 0.25) is 0 Å². The summed E-state index contributed by atoms with van der Waals surface area (Å²) < 4.78 is 6.12. The highest BCUT2D eigenvalue weighted by atomic mass is 35.5. The zero-order valence-electron chi connectivity index (χ0n) is 21.3. The summed E-state index contributed by atoms with van der Waals surface area (Å²) in [5.74, 6) is 0.963. The molecule has 2 aromatic carbocycles. The van der Waals surface area contributed by atoms with Crippen molar-refractivity contribution < 1.29 is 14.6 Å². The third-order valence-corrected chi connectivity index (χ3v) is 8.98. The lowest BCUT2D eigenvalue weighted by molar-refractivity contribution is -0.144. The molecule has 2 aliphatic carbocycles. The fourth-order valence-corrected chi connectivity index (χ4v) is 6.80. The monoisotopic (exact) mass is 518 g/mol. The highest BCUT2D eigenvalue weighted by Gasteiger charge is 2.54. The Bertz CT molecular complexity index is 1220. The second-order valence-corrected chi connectivity index (χ2v) is 11.2. The van der Waals surface area contributed by atoms with Gasteiger partial charge in [-0.25, -0.2) is 4.79 Å². The zero-order chi connectivity index (χ0) is 25.9. The SMILES string of the molecule is CC[C@@H](COc1ccncc1)C[C@H]1Cc2ccccc2C12CCC(Nc1cccc(Cl)c1)(C(=O)O)CC2. The first-order valence-electron chi connectivity index (χ1n) is 13.3. The molecule has 2 atom stereocenters. The van der Waals surface area contributed by atoms with E-state index in [0.717, 1.165) is 43.5 Å². The molecule has 2 aliphatic rings. The van der Waals surface area contributed by atoms with Gasteiger partial charge in [-0.15, -0.1) is 0 Å². The van der Waals surface area contributed by atoms with Crippen LogP contribution in [0, 0.1) is 11.8 Å². The summed E-state index contributed by atoms with van der Waals surface area (Å²) in [5, 5.41) is 14.3. The van der Waals surface area contributed by atoms with Crippen LogP contribution in [-0.2, 0) is 16.6 Å². The number of anilines is 1. The summed E-state index contributed by atoms with van der Waals surface area (Å²) in [6.45, 7) is 2.92. The van der Waals surface area contributed by atoms with Crippen LogP contribution in [0.2, 0.25) is 5.02 Å². The van der Waals surface area contributed by atoms with E-state index in [4.69, 9.17) is 16.3 Å². The van der Waals surface area contributed by atoms with Gasteiger partial charge in [-0.2, -0.15) is 0 Å². The van der Waals surface area contributed by atoms with E-state index in [0.29, 0.717) is 36.3 Å². The zero-order valence-corrected chi connectivity index (χ0v) is 22.1. The number of hydrogen-bond acceptors (Lipinski definition) is 4. The number of benzene rings is 2. The van der Waals surface area contributed by atoms with E-state index < -0.39 is 11.5 Å². The summed E-state index contributed by atoms with van der Waals surface area (Å²) in [5.41, 5.74) is 2.60. The molecule has 0 aliphatic heterocycles. The standard InChI is InChI=1S/C31H35ClN2O3/c1-2-22(21-37-27-10-16-33-17-11-27)18-24-19-23-6-3-4-9-28(23)30(24)12-14-31(15-13-30,29(35)36)34-26-8-5-7-25(32)20-26/h3-11,16-17,20,22,24,34H,2,12-15,18-19,21H2,1H3,(H,35,36)/t22-,24+,30?,31?/m1/s1. The molecular formula is C31H35ClN2O3. The molecule has 1 saturated carbocycles. The van der Waals surface area contributed by atoms with Crippen molar-refractivity contribution in [2.45, 2.75) is 62.8 Å². The summed E-state index contributed by atoms with van der Waals surface area (Å²) in [7, 11) is 0. The molecule has 0 unspecified atom stereocenters. The van der Waals surface area contributed by atoms with Crippen molar-refractivity contribution in [3.8, 4) is 5.75 Å². The number of nitrogens with one attached hydrogen (secondary N) is 1. The number of carboxylic acid groups (broad SMARTS) is 1. The number of nitrogens with zero attached hydrogens (tertiary/aromatic N) is 1. The maximum atomic E-state index is 12.6. The summed E-state index contributed by atoms with van der Waals surface area (Å²) in [4.78, 5) is 16.7. The third-order valence-electron chi connectivity index (χ3n) is 8.75. The molecule has 37 heavy (non-hydrogen) atoms. The molecule has 1 heterocycles. The molecule has 5 nitrogen and oxygen atoms in total. The normalized spacial score (nSPS) is 25.4. The third kappa shape index (κ3) is 5.19. The van der Waals surface area contributed by atoms with Crippen LogP contribution in [0.15, 0.2) is 73.1 Å². The average molecular weight is 519 g/mol. The number of pyridine rings is 1. The van der Waals surface area contributed by atoms with Gasteiger partial charge in [0.15, 0.2) is 0 Å². The van der Waals surface area contributed by atoms with Gasteiger partial charge in [-0.05, 0) is 97.2 Å². The molecule has 1 aromatic heterocycles. The Morgan fingerprint density at radius 1 is 1.11 bits per heavy atom. The van der Waals surface area contributed by atoms with Gasteiger partial charge in [0.05, 0.1) is 6.61 Å². The van der Waals surface area contributed by atoms with Crippen LogP contribution in [0.3, 0.4) is 0 Å². The maximum absolute atomic E-state index is 12.6. The summed E-state index contributed by atoms with van der Waals surface area (Å²) in [6.07, 6.45) is 9.51. The van der Waals surface area contributed by atoms with Crippen LogP contribution in [0.4, 0.5) is 5.69 Å². The molecule has 0 amide bonds. The molecule has 6 heteroatoms. The first-order valence-corrected chi connectivity index (χ1v) is 13.7. The topological polar surface area (TPSA) is 71.5 Å². The average Bonchev–Trinajstić information content (AvgIpc) is 3.21. The van der Waals surface area contributed by atoms with E-state index in [1.165, 1.54) is 11.1 Å². The van der Waals surface area contributed by atoms with E-state index in [-0.39, 0.29) is 5.41 Å². The lowest BCUT2D eigenvalue weighted by atomic mass is 9.59. The summed E-state index contributed by atoms with van der Waals surface area (Å²) >= 11 is 6.19. The first kappa shape index (κ1) is 25.6. The minimum atomic E-state index is -0.993. The predicted molar refractivity (Wildman–Crippen MR) is 147 cm³/mol. The number of rotatable bonds is 9. The van der Waals surface area contributed by atoms with Gasteiger partial charge in [-0.1, -0.05) is 55.3 Å². The van der Waals surface area contributed by atoms with Crippen LogP contribution in [-0.4, -0.2) is 28.2 Å². The number of carboxylic acids is 1. The van der Waals surface area contributed by atoms with Crippen LogP contribution in [0.25, 0.3) is 0 Å². The number of carbonyl (C=O) groups is 1. The highest BCUT2D eigenvalue weighted by molar-refractivity contribution is 6.30. The Labute approximate surface area is 224 Å². The second-order valence-electron chi connectivity index (χ2n) is 10.7. The smallest absolute Gasteiger partial charge is 0.329 e. The Hall–Kier alpha value is -3.05. The first-order chi connectivity index (χ1) is 17.9. The van der Waals surface area contributed by atoms with E-state index >= 15 is 0 Å². The van der Waals surface area contributed by atoms with Gasteiger partial charge in [0.25, 0.3) is 0 Å². The van der Waals surface area contributed by atoms with Crippen molar-refractivity contribution in [1.82, 2.24) is 4.98 Å². The van der Waals surface area contributed by atoms with Gasteiger partial charge < -0.3 is 15.2 Å². The summed E-state index contributed by atoms with van der Waals surface area (Å²) in [6, 6.07) is 20.0. The predicted octanol–water partition coefficient (Wildman–Crippen LogP) is 7.15. The second kappa shape index (κ2) is 10.7. The Morgan fingerprint density at radius 3 is 2.57 bits per heavy atom. The maximum Gasteiger partial charge on any atom is 0.329 e. The molecule has 2 N–H and O–H groups in total. The molecule has 0 bridgehead atoms. The number of aliphatic carboxylic acids is 1. The van der Waals surface area contributed by atoms with Gasteiger partial charge in [0.1, 0.15) is 11.3 Å². The van der Waals surface area contributed by atoms with Crippen LogP contribution < -0.4 is 10.1 Å². The van der Waals surface area contributed by atoms with E-state index in [9.17, 15) is 9.90 Å². The molecule has 5 rings (SSSR count). The molecular weight excluding hydrogens is 484 g/mol. The van der Waals surface area contributed by atoms with Crippen molar-refractivity contribution in [2.75, 3.05) is 11.9 Å². The van der Waals surface area contributed by atoms with Crippen LogP contribution >= 0.6 is 11.6 Å². The largest absolute Gasteiger partial charge is 0.493 e. The van der Waals surface area contributed by atoms with Crippen molar-refractivity contribution in [1.29, 1.82) is 0 Å². The fraction of sp³-hybridized carbons (Fsp3) is 0.419. The number of ether oxygens (including phenoxy) is 1. The van der Waals surface area contributed by atoms with Gasteiger partial charge in [-0.3, -0.25) is 4.98 Å². The van der Waals surface area contributed by atoms with Crippen molar-refractivity contribution >= 4 is 23.3 Å². The van der Waals surface area contributed by atoms with E-state index in [1.54, 1.807) is 24.5 Å². The number of aromatic nitrogens is 1. The highest BCUT2D eigenvalue weighted by Crippen LogP contribution is 2.56. The Balaban J connectivity index is 1.36. The Morgan fingerprint density at radius 2 is 1.86 bits per heavy atom. The quantitative estimate of drug-likeness (QED) is 0.314. The lowest BCUT2D eigenvalue weighted by Gasteiger charge is -2.47. The van der Waals surface area contributed by atoms with E-state index in [2.05, 4.69) is 41.5 Å². The molecule has 0 saturated heterocycles. The minimum absolute atomic E-state index is 0.00432. The number of halogens is 1. The van der Waals surface area contributed by atoms with Gasteiger partial charge >= 0.3 is 5.97 Å². The number of hydrogen-bond donors (Lipinski definition) is 2. The molecule has 194 valence electrons. The van der Waals surface area contributed by atoms with E-state index in [1.807, 2.05) is 24.3 Å². The van der Waals surface area contributed by atoms with Crippen molar-refractivity contribution in [3.05, 3.63) is 89.2 Å². The number of fused-ring (bicyclic) bond motifs is 2. The fourth-order valence-electron chi connectivity index (χ4n) is 6.61. The molecule has 0 radical (unpaired) electrons. The van der Waals surface area contributed by atoms with Crippen LogP contribution in [0.1, 0.15) is 56.6 Å². The van der Waals surface area contributed by atoms with Crippen molar-refractivity contribution in [3.63, 3.8) is 0 Å². The van der Waals surface area contributed by atoms with Gasteiger partial charge in [0, 0.05) is 23.1 Å². The minimum Gasteiger partial charge on any atom is -0.493 e. The molecule has 1 fully saturated rings.